The van der Waals surface area contributed by atoms with Crippen molar-refractivity contribution in [1.82, 2.24) is 5.32 Å². The van der Waals surface area contributed by atoms with Gasteiger partial charge in [0.1, 0.15) is 17.4 Å². The Balaban J connectivity index is 2.22. The van der Waals surface area contributed by atoms with Crippen LogP contribution in [0.2, 0.25) is 0 Å². The van der Waals surface area contributed by atoms with Gasteiger partial charge >= 0.3 is 0 Å². The van der Waals surface area contributed by atoms with Gasteiger partial charge in [-0.15, -0.1) is 0 Å². The number of ether oxygens (including phenoxy) is 1. The third-order valence-corrected chi connectivity index (χ3v) is 3.55. The molecule has 0 spiro atoms. The Morgan fingerprint density at radius 2 is 1.61 bits per heavy atom. The summed E-state index contributed by atoms with van der Waals surface area (Å²) in [6.07, 6.45) is 0. The summed E-state index contributed by atoms with van der Waals surface area (Å²) in [6, 6.07) is 9.82. The molecule has 0 unspecified atom stereocenters. The Morgan fingerprint density at radius 3 is 2.09 bits per heavy atom. The fourth-order valence-electron chi connectivity index (χ4n) is 2.36. The number of amides is 1. The number of hydrogen-bond acceptors (Lipinski definition) is 2. The van der Waals surface area contributed by atoms with Crippen LogP contribution in [0.15, 0.2) is 42.5 Å². The third-order valence-electron chi connectivity index (χ3n) is 3.55. The largest absolute Gasteiger partial charge is 0.497 e. The Labute approximate surface area is 134 Å². The number of nitrogens with one attached hydrogen (secondary N) is 1. The molecule has 0 saturated carbocycles. The van der Waals surface area contributed by atoms with E-state index in [9.17, 15) is 13.6 Å². The Bertz CT molecular complexity index is 664. The zero-order valence-electron chi connectivity index (χ0n) is 13.3. The van der Waals surface area contributed by atoms with Crippen LogP contribution < -0.4 is 10.1 Å². The molecule has 5 heteroatoms. The summed E-state index contributed by atoms with van der Waals surface area (Å²) in [4.78, 5) is 12.3. The summed E-state index contributed by atoms with van der Waals surface area (Å²) < 4.78 is 31.6. The van der Waals surface area contributed by atoms with Crippen molar-refractivity contribution in [3.05, 3.63) is 65.2 Å². The van der Waals surface area contributed by atoms with Gasteiger partial charge in [-0.2, -0.15) is 0 Å². The minimum Gasteiger partial charge on any atom is -0.497 e. The van der Waals surface area contributed by atoms with E-state index in [1.54, 1.807) is 19.2 Å². The number of benzene rings is 2. The van der Waals surface area contributed by atoms with Crippen molar-refractivity contribution in [2.24, 2.45) is 5.92 Å². The number of methoxy groups -OCH3 is 1. The van der Waals surface area contributed by atoms with E-state index in [1.807, 2.05) is 26.0 Å². The maximum absolute atomic E-state index is 13.3. The molecule has 2 rings (SSSR count). The van der Waals surface area contributed by atoms with E-state index in [0.717, 1.165) is 29.5 Å². The molecule has 1 atom stereocenters. The van der Waals surface area contributed by atoms with Gasteiger partial charge in [0.2, 0.25) is 0 Å². The van der Waals surface area contributed by atoms with E-state index >= 15 is 0 Å². The molecule has 0 aromatic heterocycles. The molecule has 2 aromatic carbocycles. The lowest BCUT2D eigenvalue weighted by atomic mass is 9.95. The van der Waals surface area contributed by atoms with E-state index < -0.39 is 17.5 Å². The molecule has 1 amide bonds. The number of hydrogen-bond donors (Lipinski definition) is 1. The molecule has 1 N–H and O–H groups in total. The molecule has 0 aliphatic heterocycles. The van der Waals surface area contributed by atoms with Crippen molar-refractivity contribution in [1.29, 1.82) is 0 Å². The van der Waals surface area contributed by atoms with Crippen molar-refractivity contribution in [3.63, 3.8) is 0 Å². The van der Waals surface area contributed by atoms with Crippen LogP contribution in [0, 0.1) is 17.6 Å². The highest BCUT2D eigenvalue weighted by molar-refractivity contribution is 5.94. The molecule has 122 valence electrons. The van der Waals surface area contributed by atoms with Crippen molar-refractivity contribution >= 4 is 5.91 Å². The lowest BCUT2D eigenvalue weighted by Crippen LogP contribution is -2.31. The second kappa shape index (κ2) is 7.22. The van der Waals surface area contributed by atoms with E-state index in [4.69, 9.17) is 4.74 Å². The van der Waals surface area contributed by atoms with Crippen molar-refractivity contribution in [2.75, 3.05) is 7.11 Å². The third kappa shape index (κ3) is 4.28. The number of halogens is 2. The van der Waals surface area contributed by atoms with Crippen LogP contribution in [0.25, 0.3) is 0 Å². The number of rotatable bonds is 5. The second-order valence-electron chi connectivity index (χ2n) is 5.63. The molecule has 0 heterocycles. The van der Waals surface area contributed by atoms with Gasteiger partial charge in [-0.3, -0.25) is 4.79 Å². The predicted molar refractivity (Wildman–Crippen MR) is 84.4 cm³/mol. The summed E-state index contributed by atoms with van der Waals surface area (Å²) in [5.41, 5.74) is 0.854. The average Bonchev–Trinajstić information content (AvgIpc) is 2.51. The quantitative estimate of drug-likeness (QED) is 0.901. The minimum absolute atomic E-state index is 0.0401. The van der Waals surface area contributed by atoms with Gasteiger partial charge in [0, 0.05) is 11.6 Å². The first-order valence-corrected chi connectivity index (χ1v) is 7.31. The first-order chi connectivity index (χ1) is 10.9. The van der Waals surface area contributed by atoms with E-state index in [2.05, 4.69) is 5.32 Å². The zero-order valence-corrected chi connectivity index (χ0v) is 13.3. The highest BCUT2D eigenvalue weighted by Crippen LogP contribution is 2.24. The van der Waals surface area contributed by atoms with Crippen LogP contribution in [-0.4, -0.2) is 13.0 Å². The molecular formula is C18H19F2NO2. The van der Waals surface area contributed by atoms with E-state index in [0.29, 0.717) is 0 Å². The van der Waals surface area contributed by atoms with E-state index in [-0.39, 0.29) is 17.5 Å². The maximum atomic E-state index is 13.3. The molecule has 0 radical (unpaired) electrons. The summed E-state index contributed by atoms with van der Waals surface area (Å²) in [5.74, 6) is -1.25. The molecule has 0 fully saturated rings. The van der Waals surface area contributed by atoms with Gasteiger partial charge < -0.3 is 10.1 Å². The lowest BCUT2D eigenvalue weighted by Gasteiger charge is -2.23. The van der Waals surface area contributed by atoms with Crippen molar-refractivity contribution in [3.8, 4) is 5.75 Å². The van der Waals surface area contributed by atoms with Crippen LogP contribution in [-0.2, 0) is 0 Å². The molecule has 3 nitrogen and oxygen atoms in total. The molecule has 0 bridgehead atoms. The number of carbonyl (C=O) groups excluding carboxylic acids is 1. The standard InChI is InChI=1S/C18H19F2NO2/c1-11(2)17(12-4-6-16(23-3)7-5-12)21-18(22)13-8-14(19)10-15(20)9-13/h4-11,17H,1-3H3,(H,21,22)/t17-/m0/s1. The maximum Gasteiger partial charge on any atom is 0.251 e. The zero-order chi connectivity index (χ0) is 17.0. The van der Waals surface area contributed by atoms with Gasteiger partial charge in [-0.05, 0) is 35.7 Å². The lowest BCUT2D eigenvalue weighted by molar-refractivity contribution is 0.0924. The first-order valence-electron chi connectivity index (χ1n) is 7.31. The number of carbonyl (C=O) groups is 1. The highest BCUT2D eigenvalue weighted by atomic mass is 19.1. The summed E-state index contributed by atoms with van der Waals surface area (Å²) in [5, 5.41) is 2.83. The Hall–Kier alpha value is -2.43. The Kier molecular flexibility index (Phi) is 5.32. The first kappa shape index (κ1) is 16.9. The van der Waals surface area contributed by atoms with Crippen LogP contribution in [0.3, 0.4) is 0 Å². The Morgan fingerprint density at radius 1 is 1.04 bits per heavy atom. The van der Waals surface area contributed by atoms with Gasteiger partial charge in [0.05, 0.1) is 13.2 Å². The molecule has 2 aromatic rings. The SMILES string of the molecule is COc1ccc([C@@H](NC(=O)c2cc(F)cc(F)c2)C(C)C)cc1. The van der Waals surface area contributed by atoms with Gasteiger partial charge in [0.15, 0.2) is 0 Å². The topological polar surface area (TPSA) is 38.3 Å². The molecule has 0 saturated heterocycles. The van der Waals surface area contributed by atoms with Crippen LogP contribution >= 0.6 is 0 Å². The average molecular weight is 319 g/mol. The smallest absolute Gasteiger partial charge is 0.251 e. The minimum atomic E-state index is -0.777. The summed E-state index contributed by atoms with van der Waals surface area (Å²) >= 11 is 0. The molecule has 23 heavy (non-hydrogen) atoms. The van der Waals surface area contributed by atoms with Crippen molar-refractivity contribution < 1.29 is 18.3 Å². The van der Waals surface area contributed by atoms with Gasteiger partial charge in [-0.1, -0.05) is 26.0 Å². The van der Waals surface area contributed by atoms with Crippen LogP contribution in [0.4, 0.5) is 8.78 Å². The molecule has 0 aliphatic rings. The molecule has 0 aliphatic carbocycles. The molecular weight excluding hydrogens is 300 g/mol. The summed E-state index contributed by atoms with van der Waals surface area (Å²) in [7, 11) is 1.58. The van der Waals surface area contributed by atoms with Gasteiger partial charge in [0.25, 0.3) is 5.91 Å². The normalized spacial score (nSPS) is 12.1. The summed E-state index contributed by atoms with van der Waals surface area (Å²) in [6.45, 7) is 3.92. The van der Waals surface area contributed by atoms with Gasteiger partial charge in [-0.25, -0.2) is 8.78 Å². The predicted octanol–water partition coefficient (Wildman–Crippen LogP) is 4.10. The second-order valence-corrected chi connectivity index (χ2v) is 5.63. The van der Waals surface area contributed by atoms with Crippen molar-refractivity contribution in [2.45, 2.75) is 19.9 Å². The highest BCUT2D eigenvalue weighted by Gasteiger charge is 2.20. The fraction of sp³-hybridized carbons (Fsp3) is 0.278. The fourth-order valence-corrected chi connectivity index (χ4v) is 2.36. The van der Waals surface area contributed by atoms with Crippen LogP contribution in [0.1, 0.15) is 35.8 Å². The van der Waals surface area contributed by atoms with E-state index in [1.165, 1.54) is 0 Å². The van der Waals surface area contributed by atoms with Crippen LogP contribution in [0.5, 0.6) is 5.75 Å². The monoisotopic (exact) mass is 319 g/mol.